The first-order valence-corrected chi connectivity index (χ1v) is 17.3. The lowest BCUT2D eigenvalue weighted by Crippen LogP contribution is -2.59. The smallest absolute Gasteiger partial charge is 0.254 e. The summed E-state index contributed by atoms with van der Waals surface area (Å²) in [5.74, 6) is -1.13. The molecule has 1 aliphatic heterocycles. The molecule has 2 aliphatic rings. The Balaban J connectivity index is 1.65. The van der Waals surface area contributed by atoms with Gasteiger partial charge < -0.3 is 26.0 Å². The Morgan fingerprint density at radius 3 is 2.54 bits per heavy atom. The van der Waals surface area contributed by atoms with Crippen LogP contribution in [0.4, 0.5) is 0 Å². The van der Waals surface area contributed by atoms with Gasteiger partial charge in [-0.05, 0) is 75.0 Å². The van der Waals surface area contributed by atoms with Crippen LogP contribution in [0.3, 0.4) is 0 Å². The Bertz CT molecular complexity index is 1410. The van der Waals surface area contributed by atoms with E-state index in [1.165, 1.54) is 24.3 Å². The van der Waals surface area contributed by atoms with Crippen LogP contribution < -0.4 is 16.0 Å². The molecule has 0 saturated carbocycles. The Kier molecular flexibility index (Phi) is 12.0. The molecule has 250 valence electrons. The third-order valence-corrected chi connectivity index (χ3v) is 9.93. The zero-order valence-corrected chi connectivity index (χ0v) is 28.2. The zero-order chi connectivity index (χ0) is 33.4. The van der Waals surface area contributed by atoms with Crippen molar-refractivity contribution in [2.45, 2.75) is 90.7 Å². The van der Waals surface area contributed by atoms with Crippen LogP contribution in [0.15, 0.2) is 48.2 Å². The molecule has 2 aromatic rings. The van der Waals surface area contributed by atoms with E-state index < -0.39 is 42.0 Å². The van der Waals surface area contributed by atoms with Crippen LogP contribution in [0, 0.1) is 11.3 Å². The van der Waals surface area contributed by atoms with E-state index in [4.69, 9.17) is 0 Å². The number of rotatable bonds is 5. The van der Waals surface area contributed by atoms with Crippen LogP contribution >= 0.6 is 11.8 Å². The number of carbonyl (C=O) groups is 4. The number of thioether (sulfide) groups is 1. The van der Waals surface area contributed by atoms with E-state index in [2.05, 4.69) is 46.2 Å². The maximum absolute atomic E-state index is 13.8. The van der Waals surface area contributed by atoms with Crippen molar-refractivity contribution in [1.29, 1.82) is 0 Å². The van der Waals surface area contributed by atoms with Crippen molar-refractivity contribution in [3.63, 3.8) is 0 Å². The number of aliphatic hydroxyl groups is 1. The molecule has 4 N–H and O–H groups in total. The molecule has 2 heterocycles. The van der Waals surface area contributed by atoms with Gasteiger partial charge in [0.05, 0.1) is 18.8 Å². The topological polar surface area (TPSA) is 159 Å². The molecule has 0 fully saturated rings. The third-order valence-electron chi connectivity index (χ3n) is 9.29. The standard InChI is InChI=1S/C33H47N7O5S/c1-21-29(42)36-28(22(2)41)31(44)35-27(15-18-46-5)30(43)34-19-26-20-39(38-37-26)16-13-24-11-12-25(33(24,3)4)14-17-40(21)32(45)23-9-7-6-8-10-23/h6-11,20-22,25,27-28,41H,12-19H2,1-5H3,(H,34,43)(H,35,44)(H,36,42)/t21-,22+,25+,27-,28-/m0/s1. The van der Waals surface area contributed by atoms with Crippen molar-refractivity contribution in [3.8, 4) is 0 Å². The molecule has 4 rings (SSSR count). The molecule has 4 amide bonds. The largest absolute Gasteiger partial charge is 0.391 e. The molecule has 0 unspecified atom stereocenters. The fourth-order valence-electron chi connectivity index (χ4n) is 6.17. The first-order valence-electron chi connectivity index (χ1n) is 15.9. The number of hydrogen-bond donors (Lipinski definition) is 4. The highest BCUT2D eigenvalue weighted by atomic mass is 32.2. The van der Waals surface area contributed by atoms with Crippen LogP contribution in [0.2, 0.25) is 0 Å². The van der Waals surface area contributed by atoms with Gasteiger partial charge in [-0.1, -0.05) is 48.9 Å². The molecule has 13 heteroatoms. The number of fused-ring (bicyclic) bond motifs is 4. The van der Waals surface area contributed by atoms with E-state index in [0.29, 0.717) is 42.9 Å². The fourth-order valence-corrected chi connectivity index (χ4v) is 6.64. The lowest BCUT2D eigenvalue weighted by Gasteiger charge is -2.35. The van der Waals surface area contributed by atoms with Crippen molar-refractivity contribution in [2.24, 2.45) is 11.3 Å². The van der Waals surface area contributed by atoms with E-state index in [1.807, 2.05) is 18.5 Å². The summed E-state index contributed by atoms with van der Waals surface area (Å²) in [7, 11) is 0. The summed E-state index contributed by atoms with van der Waals surface area (Å²) in [5, 5.41) is 27.3. The number of aromatic nitrogens is 3. The minimum atomic E-state index is -1.34. The summed E-state index contributed by atoms with van der Waals surface area (Å²) >= 11 is 1.53. The van der Waals surface area contributed by atoms with E-state index in [0.717, 1.165) is 12.8 Å². The van der Waals surface area contributed by atoms with Crippen molar-refractivity contribution < 1.29 is 24.3 Å². The van der Waals surface area contributed by atoms with Gasteiger partial charge in [-0.2, -0.15) is 11.8 Å². The lowest BCUT2D eigenvalue weighted by molar-refractivity contribution is -0.135. The molecular weight excluding hydrogens is 606 g/mol. The van der Waals surface area contributed by atoms with Gasteiger partial charge in [-0.15, -0.1) is 5.10 Å². The average molecular weight is 654 g/mol. The summed E-state index contributed by atoms with van der Waals surface area (Å²) < 4.78 is 1.77. The van der Waals surface area contributed by atoms with E-state index in [1.54, 1.807) is 40.8 Å². The summed E-state index contributed by atoms with van der Waals surface area (Å²) in [4.78, 5) is 55.7. The van der Waals surface area contributed by atoms with Crippen LogP contribution in [-0.2, 0) is 27.5 Å². The minimum absolute atomic E-state index is 0.135. The molecule has 1 aromatic heterocycles. The quantitative estimate of drug-likeness (QED) is 0.358. The van der Waals surface area contributed by atoms with Crippen LogP contribution in [0.5, 0.6) is 0 Å². The Morgan fingerprint density at radius 2 is 1.85 bits per heavy atom. The van der Waals surface area contributed by atoms with Gasteiger partial charge in [-0.3, -0.25) is 23.9 Å². The molecule has 46 heavy (non-hydrogen) atoms. The van der Waals surface area contributed by atoms with Crippen molar-refractivity contribution >= 4 is 35.4 Å². The highest BCUT2D eigenvalue weighted by Gasteiger charge is 2.39. The number of aliphatic hydroxyl groups excluding tert-OH is 1. The van der Waals surface area contributed by atoms with Gasteiger partial charge >= 0.3 is 0 Å². The van der Waals surface area contributed by atoms with Crippen molar-refractivity contribution in [2.75, 3.05) is 18.6 Å². The molecule has 1 aliphatic carbocycles. The van der Waals surface area contributed by atoms with Crippen LogP contribution in [0.1, 0.15) is 69.4 Å². The van der Waals surface area contributed by atoms with Crippen molar-refractivity contribution in [3.05, 3.63) is 59.4 Å². The normalized spacial score (nSPS) is 25.4. The summed E-state index contributed by atoms with van der Waals surface area (Å²) in [6.45, 7) is 8.56. The van der Waals surface area contributed by atoms with Gasteiger partial charge in [0.1, 0.15) is 23.8 Å². The molecule has 12 nitrogen and oxygen atoms in total. The number of amides is 4. The minimum Gasteiger partial charge on any atom is -0.391 e. The molecule has 4 bridgehead atoms. The fraction of sp³-hybridized carbons (Fsp3) is 0.576. The SMILES string of the molecule is CSCC[C@@H]1NC(=O)[C@H]([C@@H](C)O)NC(=O)[C@H](C)N(C(=O)c2ccccc2)CC[C@H]2CC=C(CCn3cc(nn3)CNC1=O)C2(C)C. The monoisotopic (exact) mass is 653 g/mol. The average Bonchev–Trinajstić information content (AvgIpc) is 3.61. The first-order chi connectivity index (χ1) is 21.9. The van der Waals surface area contributed by atoms with Gasteiger partial charge in [0.25, 0.3) is 5.91 Å². The Hall–Kier alpha value is -3.71. The summed E-state index contributed by atoms with van der Waals surface area (Å²) in [6, 6.07) is 5.62. The number of allylic oxidation sites excluding steroid dienone is 2. The Labute approximate surface area is 275 Å². The zero-order valence-electron chi connectivity index (χ0n) is 27.4. The highest BCUT2D eigenvalue weighted by molar-refractivity contribution is 7.98. The maximum Gasteiger partial charge on any atom is 0.254 e. The van der Waals surface area contributed by atoms with Gasteiger partial charge in [0, 0.05) is 18.7 Å². The van der Waals surface area contributed by atoms with Gasteiger partial charge in [0.15, 0.2) is 0 Å². The number of nitrogens with zero attached hydrogens (tertiary/aromatic N) is 4. The first kappa shape index (κ1) is 35.1. The molecule has 0 radical (unpaired) electrons. The van der Waals surface area contributed by atoms with Crippen molar-refractivity contribution in [1.82, 2.24) is 35.8 Å². The second-order valence-corrected chi connectivity index (χ2v) is 13.7. The predicted octanol–water partition coefficient (Wildman–Crippen LogP) is 2.29. The number of aryl methyl sites for hydroxylation is 1. The van der Waals surface area contributed by atoms with E-state index in [9.17, 15) is 24.3 Å². The third kappa shape index (κ3) is 8.55. The van der Waals surface area contributed by atoms with Crippen LogP contribution in [0.25, 0.3) is 0 Å². The Morgan fingerprint density at radius 1 is 1.11 bits per heavy atom. The number of benzene rings is 1. The lowest BCUT2D eigenvalue weighted by atomic mass is 9.74. The van der Waals surface area contributed by atoms with E-state index in [-0.39, 0.29) is 23.8 Å². The number of hydrogen-bond acceptors (Lipinski definition) is 8. The summed E-state index contributed by atoms with van der Waals surface area (Å²) in [5.41, 5.74) is 2.22. The molecular formula is C33H47N7O5S. The van der Waals surface area contributed by atoms with Gasteiger partial charge in [0.2, 0.25) is 17.7 Å². The molecule has 5 atom stereocenters. The second kappa shape index (κ2) is 15.7. The highest BCUT2D eigenvalue weighted by Crippen LogP contribution is 2.46. The van der Waals surface area contributed by atoms with E-state index >= 15 is 0 Å². The van der Waals surface area contributed by atoms with Gasteiger partial charge in [-0.25, -0.2) is 0 Å². The predicted molar refractivity (Wildman–Crippen MR) is 177 cm³/mol. The summed E-state index contributed by atoms with van der Waals surface area (Å²) in [6.07, 6.45) is 7.37. The molecule has 0 spiro atoms. The molecule has 1 aromatic carbocycles. The maximum atomic E-state index is 13.8. The second-order valence-electron chi connectivity index (χ2n) is 12.7. The number of carbonyl (C=O) groups excluding carboxylic acids is 4. The van der Waals surface area contributed by atoms with Crippen LogP contribution in [-0.4, -0.2) is 91.4 Å². The number of nitrogens with one attached hydrogen (secondary N) is 3. The molecule has 0 saturated heterocycles.